The number of amides is 1. The summed E-state index contributed by atoms with van der Waals surface area (Å²) in [6, 6.07) is 20.9. The molecule has 0 unspecified atom stereocenters. The van der Waals surface area contributed by atoms with Gasteiger partial charge in [0.2, 0.25) is 0 Å². The average molecular weight is 545 g/mol. The molecule has 1 N–H and O–H groups in total. The predicted octanol–water partition coefficient (Wildman–Crippen LogP) is 5.51. The molecule has 188 valence electrons. The molecule has 0 spiro atoms. The van der Waals surface area contributed by atoms with Crippen LogP contribution < -0.4 is 14.8 Å². The molecule has 1 saturated heterocycles. The Labute approximate surface area is 226 Å². The number of nitrogens with zero attached hydrogens (tertiary/aromatic N) is 2. The van der Waals surface area contributed by atoms with E-state index in [2.05, 4.69) is 39.4 Å². The molecule has 0 atom stereocenters. The summed E-state index contributed by atoms with van der Waals surface area (Å²) in [6.07, 6.45) is 0. The first-order valence-corrected chi connectivity index (χ1v) is 12.7. The van der Waals surface area contributed by atoms with Crippen molar-refractivity contribution in [2.24, 2.45) is 0 Å². The van der Waals surface area contributed by atoms with E-state index < -0.39 is 0 Å². The summed E-state index contributed by atoms with van der Waals surface area (Å²) < 4.78 is 11.2. The lowest BCUT2D eigenvalue weighted by Crippen LogP contribution is -2.48. The molecule has 6 nitrogen and oxygen atoms in total. The Kier molecular flexibility index (Phi) is 9.04. The van der Waals surface area contributed by atoms with Gasteiger partial charge in [0, 0.05) is 44.0 Å². The summed E-state index contributed by atoms with van der Waals surface area (Å²) in [7, 11) is 1.56. The van der Waals surface area contributed by atoms with Crippen molar-refractivity contribution in [1.82, 2.24) is 9.80 Å². The van der Waals surface area contributed by atoms with Crippen LogP contribution in [0.1, 0.15) is 11.1 Å². The zero-order chi connectivity index (χ0) is 25.5. The standard InChI is InChI=1S/C27H27Cl2N3O3S/c1-34-25-15-20(27(36)32-13-11-31(12-14-32)17-19-5-3-2-4-6-19)7-10-24(25)35-18-26(33)30-21-8-9-22(28)23(29)16-21/h2-10,15-16H,11-14,17-18H2,1H3,(H,30,33). The monoisotopic (exact) mass is 543 g/mol. The van der Waals surface area contributed by atoms with E-state index in [-0.39, 0.29) is 12.5 Å². The number of carbonyl (C=O) groups is 1. The molecule has 1 heterocycles. The summed E-state index contributed by atoms with van der Waals surface area (Å²) in [5.74, 6) is 0.643. The van der Waals surface area contributed by atoms with Gasteiger partial charge in [0.15, 0.2) is 18.1 Å². The van der Waals surface area contributed by atoms with Gasteiger partial charge in [-0.05, 0) is 42.0 Å². The van der Waals surface area contributed by atoms with Crippen molar-refractivity contribution < 1.29 is 14.3 Å². The van der Waals surface area contributed by atoms with Crippen LogP contribution in [0.3, 0.4) is 0 Å². The fourth-order valence-electron chi connectivity index (χ4n) is 3.97. The van der Waals surface area contributed by atoms with Crippen molar-refractivity contribution in [3.63, 3.8) is 0 Å². The maximum atomic E-state index is 12.3. The van der Waals surface area contributed by atoms with Crippen molar-refractivity contribution in [1.29, 1.82) is 0 Å². The van der Waals surface area contributed by atoms with Crippen LogP contribution in [-0.2, 0) is 11.3 Å². The number of methoxy groups -OCH3 is 1. The minimum absolute atomic E-state index is 0.191. The van der Waals surface area contributed by atoms with Gasteiger partial charge in [-0.1, -0.05) is 65.8 Å². The van der Waals surface area contributed by atoms with Crippen LogP contribution in [-0.4, -0.2) is 60.6 Å². The largest absolute Gasteiger partial charge is 0.493 e. The second-order valence-electron chi connectivity index (χ2n) is 8.39. The number of thiocarbonyl (C=S) groups is 1. The molecule has 1 aliphatic rings. The van der Waals surface area contributed by atoms with E-state index in [0.29, 0.717) is 27.2 Å². The minimum atomic E-state index is -0.330. The highest BCUT2D eigenvalue weighted by Crippen LogP contribution is 2.29. The van der Waals surface area contributed by atoms with Crippen LogP contribution in [0.5, 0.6) is 11.5 Å². The fraction of sp³-hybridized carbons (Fsp3) is 0.259. The maximum absolute atomic E-state index is 12.3. The normalized spacial score (nSPS) is 13.8. The second-order valence-corrected chi connectivity index (χ2v) is 9.59. The van der Waals surface area contributed by atoms with Crippen LogP contribution in [0.15, 0.2) is 66.7 Å². The summed E-state index contributed by atoms with van der Waals surface area (Å²) in [5.41, 5.74) is 2.74. The first kappa shape index (κ1) is 26.2. The number of ether oxygens (including phenoxy) is 2. The van der Waals surface area contributed by atoms with Crippen LogP contribution in [0.25, 0.3) is 0 Å². The van der Waals surface area contributed by atoms with Crippen molar-refractivity contribution in [3.8, 4) is 11.5 Å². The van der Waals surface area contributed by atoms with Crippen LogP contribution >= 0.6 is 35.4 Å². The van der Waals surface area contributed by atoms with Crippen molar-refractivity contribution in [3.05, 3.63) is 87.9 Å². The van der Waals surface area contributed by atoms with Crippen LogP contribution in [0.4, 0.5) is 5.69 Å². The van der Waals surface area contributed by atoms with E-state index in [0.717, 1.165) is 43.3 Å². The summed E-state index contributed by atoms with van der Waals surface area (Å²) in [4.78, 5) is 17.8. The van der Waals surface area contributed by atoms with Gasteiger partial charge >= 0.3 is 0 Å². The first-order chi connectivity index (χ1) is 17.4. The number of hydrogen-bond acceptors (Lipinski definition) is 5. The number of rotatable bonds is 8. The molecule has 0 aliphatic carbocycles. The summed E-state index contributed by atoms with van der Waals surface area (Å²) in [5, 5.41) is 3.51. The third-order valence-electron chi connectivity index (χ3n) is 5.88. The molecule has 0 bridgehead atoms. The molecule has 1 aliphatic heterocycles. The molecule has 3 aromatic rings. The summed E-state index contributed by atoms with van der Waals surface area (Å²) >= 11 is 17.7. The van der Waals surface area contributed by atoms with E-state index in [1.165, 1.54) is 5.56 Å². The number of halogens is 2. The highest BCUT2D eigenvalue weighted by atomic mass is 35.5. The Hall–Kier alpha value is -2.84. The van der Waals surface area contributed by atoms with Gasteiger partial charge in [0.05, 0.1) is 17.2 Å². The second kappa shape index (κ2) is 12.4. The lowest BCUT2D eigenvalue weighted by molar-refractivity contribution is -0.118. The molecule has 1 amide bonds. The van der Waals surface area contributed by atoms with Gasteiger partial charge in [-0.3, -0.25) is 9.69 Å². The molecule has 0 aromatic heterocycles. The molecular weight excluding hydrogens is 517 g/mol. The van der Waals surface area contributed by atoms with Crippen molar-refractivity contribution in [2.75, 3.05) is 45.2 Å². The number of nitrogens with one attached hydrogen (secondary N) is 1. The topological polar surface area (TPSA) is 54.0 Å². The fourth-order valence-corrected chi connectivity index (χ4v) is 4.58. The van der Waals surface area contributed by atoms with Gasteiger partial charge in [-0.2, -0.15) is 0 Å². The molecular formula is C27H27Cl2N3O3S. The SMILES string of the molecule is COc1cc(C(=S)N2CCN(Cc3ccccc3)CC2)ccc1OCC(=O)Nc1ccc(Cl)c(Cl)c1. The molecule has 36 heavy (non-hydrogen) atoms. The zero-order valence-electron chi connectivity index (χ0n) is 19.9. The molecule has 1 fully saturated rings. The highest BCUT2D eigenvalue weighted by molar-refractivity contribution is 7.80. The van der Waals surface area contributed by atoms with E-state index >= 15 is 0 Å². The predicted molar refractivity (Wildman–Crippen MR) is 149 cm³/mol. The van der Waals surface area contributed by atoms with Gasteiger partial charge < -0.3 is 19.7 Å². The molecule has 0 radical (unpaired) electrons. The van der Waals surface area contributed by atoms with E-state index in [4.69, 9.17) is 44.9 Å². The molecule has 9 heteroatoms. The lowest BCUT2D eigenvalue weighted by Gasteiger charge is -2.36. The van der Waals surface area contributed by atoms with Gasteiger partial charge in [0.25, 0.3) is 5.91 Å². The highest BCUT2D eigenvalue weighted by Gasteiger charge is 2.21. The summed E-state index contributed by atoms with van der Waals surface area (Å²) in [6.45, 7) is 4.37. The number of anilines is 1. The van der Waals surface area contributed by atoms with Crippen LogP contribution in [0.2, 0.25) is 10.0 Å². The van der Waals surface area contributed by atoms with E-state index in [1.54, 1.807) is 31.4 Å². The Bertz CT molecular complexity index is 1220. The van der Waals surface area contributed by atoms with Crippen LogP contribution in [0, 0.1) is 0 Å². The Morgan fingerprint density at radius 3 is 2.39 bits per heavy atom. The molecule has 4 rings (SSSR count). The number of benzene rings is 3. The smallest absolute Gasteiger partial charge is 0.262 e. The minimum Gasteiger partial charge on any atom is -0.493 e. The Morgan fingerprint density at radius 2 is 1.69 bits per heavy atom. The number of hydrogen-bond donors (Lipinski definition) is 1. The lowest BCUT2D eigenvalue weighted by atomic mass is 10.1. The zero-order valence-corrected chi connectivity index (χ0v) is 22.2. The number of carbonyl (C=O) groups excluding carboxylic acids is 1. The Morgan fingerprint density at radius 1 is 0.944 bits per heavy atom. The van der Waals surface area contributed by atoms with Crippen molar-refractivity contribution in [2.45, 2.75) is 6.54 Å². The molecule has 3 aromatic carbocycles. The third kappa shape index (κ3) is 6.89. The maximum Gasteiger partial charge on any atom is 0.262 e. The van der Waals surface area contributed by atoms with E-state index in [9.17, 15) is 4.79 Å². The third-order valence-corrected chi connectivity index (χ3v) is 7.11. The van der Waals surface area contributed by atoms with Gasteiger partial charge in [0.1, 0.15) is 4.99 Å². The average Bonchev–Trinajstić information content (AvgIpc) is 2.90. The first-order valence-electron chi connectivity index (χ1n) is 11.5. The van der Waals surface area contributed by atoms with Gasteiger partial charge in [-0.25, -0.2) is 0 Å². The van der Waals surface area contributed by atoms with E-state index in [1.807, 2.05) is 18.2 Å². The van der Waals surface area contributed by atoms with Crippen molar-refractivity contribution >= 4 is 52.0 Å². The molecule has 0 saturated carbocycles. The van der Waals surface area contributed by atoms with Gasteiger partial charge in [-0.15, -0.1) is 0 Å². The Balaban J connectivity index is 1.31. The number of piperazine rings is 1. The quantitative estimate of drug-likeness (QED) is 0.378.